The van der Waals surface area contributed by atoms with Crippen molar-refractivity contribution in [2.75, 3.05) is 10.6 Å². The molecule has 2 heterocycles. The van der Waals surface area contributed by atoms with Gasteiger partial charge in [0.05, 0.1) is 5.57 Å². The highest BCUT2D eigenvalue weighted by molar-refractivity contribution is 7.98. The minimum Gasteiger partial charge on any atom is -0.328 e. The lowest BCUT2D eigenvalue weighted by molar-refractivity contribution is -0.113. The van der Waals surface area contributed by atoms with Crippen LogP contribution in [0.15, 0.2) is 83.2 Å². The first-order valence-corrected chi connectivity index (χ1v) is 13.5. The first kappa shape index (κ1) is 25.4. The van der Waals surface area contributed by atoms with Gasteiger partial charge in [-0.3, -0.25) is 4.79 Å². The quantitative estimate of drug-likeness (QED) is 0.245. The van der Waals surface area contributed by atoms with Crippen LogP contribution in [0.3, 0.4) is 0 Å². The zero-order valence-electron chi connectivity index (χ0n) is 20.5. The summed E-state index contributed by atoms with van der Waals surface area (Å²) in [5.41, 5.74) is 6.27. The number of anilines is 2. The number of rotatable bonds is 6. The number of amides is 1. The lowest BCUT2D eigenvalue weighted by Crippen LogP contribution is -2.31. The number of fused-ring (bicyclic) bond motifs is 1. The zero-order valence-corrected chi connectivity index (χ0v) is 22.9. The van der Waals surface area contributed by atoms with Crippen LogP contribution in [0.25, 0.3) is 0 Å². The molecule has 1 unspecified atom stereocenters. The van der Waals surface area contributed by atoms with Crippen molar-refractivity contribution in [2.24, 2.45) is 0 Å². The van der Waals surface area contributed by atoms with E-state index in [-0.39, 0.29) is 5.91 Å². The van der Waals surface area contributed by atoms with E-state index in [4.69, 9.17) is 33.3 Å². The summed E-state index contributed by atoms with van der Waals surface area (Å²) in [6.07, 6.45) is 0. The van der Waals surface area contributed by atoms with Crippen LogP contribution in [-0.4, -0.2) is 20.7 Å². The normalized spacial score (nSPS) is 14.8. The van der Waals surface area contributed by atoms with Crippen LogP contribution in [0.4, 0.5) is 11.6 Å². The molecular formula is C28H25Cl2N5OS. The number of hydrogen-bond donors (Lipinski definition) is 2. The third kappa shape index (κ3) is 5.39. The number of aryl methyl sites for hydroxylation is 2. The van der Waals surface area contributed by atoms with Gasteiger partial charge in [0.1, 0.15) is 6.04 Å². The standard InChI is InChI=1S/C28H25Cl2N5OS/c1-16-9-10-19(17(2)13-16)15-37-28-33-27-31-18(3)24(26(36)32-21-7-5-4-6-8-21)25(35(27)34-28)22-12-11-20(29)14-23(22)30/h4-14,25H,15H2,1-3H3,(H,32,36)(H,31,33,34). The van der Waals surface area contributed by atoms with Gasteiger partial charge in [0.2, 0.25) is 11.1 Å². The predicted molar refractivity (Wildman–Crippen MR) is 151 cm³/mol. The number of hydrogen-bond acceptors (Lipinski definition) is 5. The monoisotopic (exact) mass is 549 g/mol. The Morgan fingerprint density at radius 3 is 2.57 bits per heavy atom. The summed E-state index contributed by atoms with van der Waals surface area (Å²) in [6.45, 7) is 6.06. The van der Waals surface area contributed by atoms with Gasteiger partial charge in [-0.25, -0.2) is 4.68 Å². The molecule has 5 rings (SSSR count). The van der Waals surface area contributed by atoms with Crippen LogP contribution in [-0.2, 0) is 10.5 Å². The molecule has 0 spiro atoms. The van der Waals surface area contributed by atoms with Gasteiger partial charge in [0.15, 0.2) is 0 Å². The molecule has 0 fully saturated rings. The van der Waals surface area contributed by atoms with Gasteiger partial charge in [-0.05, 0) is 56.2 Å². The number of carbonyl (C=O) groups is 1. The molecule has 1 aliphatic heterocycles. The smallest absolute Gasteiger partial charge is 0.255 e. The fourth-order valence-electron chi connectivity index (χ4n) is 4.37. The second-order valence-corrected chi connectivity index (χ2v) is 10.7. The number of nitrogens with zero attached hydrogens (tertiary/aromatic N) is 3. The first-order chi connectivity index (χ1) is 17.8. The Bertz CT molecular complexity index is 1520. The lowest BCUT2D eigenvalue weighted by atomic mass is 9.95. The Hall–Kier alpha value is -3.26. The third-order valence-corrected chi connectivity index (χ3v) is 7.67. The number of nitrogens with one attached hydrogen (secondary N) is 2. The fraction of sp³-hybridized carbons (Fsp3) is 0.179. The molecule has 0 radical (unpaired) electrons. The van der Waals surface area contributed by atoms with Crippen LogP contribution in [0, 0.1) is 13.8 Å². The molecule has 188 valence electrons. The van der Waals surface area contributed by atoms with E-state index in [2.05, 4.69) is 42.7 Å². The van der Waals surface area contributed by atoms with Crippen LogP contribution in [0.2, 0.25) is 10.0 Å². The Labute approximate surface area is 230 Å². The van der Waals surface area contributed by atoms with Crippen molar-refractivity contribution in [1.82, 2.24) is 14.8 Å². The Balaban J connectivity index is 1.51. The summed E-state index contributed by atoms with van der Waals surface area (Å²) in [7, 11) is 0. The van der Waals surface area contributed by atoms with Crippen molar-refractivity contribution in [3.05, 3.63) is 110 Å². The number of allylic oxidation sites excluding steroid dienone is 1. The summed E-state index contributed by atoms with van der Waals surface area (Å²) in [5, 5.41) is 12.6. The minimum absolute atomic E-state index is 0.252. The van der Waals surface area contributed by atoms with Crippen LogP contribution < -0.4 is 10.6 Å². The van der Waals surface area contributed by atoms with E-state index >= 15 is 0 Å². The molecule has 37 heavy (non-hydrogen) atoms. The predicted octanol–water partition coefficient (Wildman–Crippen LogP) is 7.42. The Morgan fingerprint density at radius 1 is 1.05 bits per heavy atom. The Morgan fingerprint density at radius 2 is 1.84 bits per heavy atom. The summed E-state index contributed by atoms with van der Waals surface area (Å²) in [4.78, 5) is 18.3. The molecule has 1 aromatic heterocycles. The van der Waals surface area contributed by atoms with Crippen LogP contribution in [0.1, 0.15) is 35.2 Å². The van der Waals surface area contributed by atoms with E-state index in [0.29, 0.717) is 43.7 Å². The number of para-hydroxylation sites is 1. The number of aromatic nitrogens is 3. The summed E-state index contributed by atoms with van der Waals surface area (Å²) in [5.74, 6) is 1.03. The third-order valence-electron chi connectivity index (χ3n) is 6.22. The van der Waals surface area contributed by atoms with Crippen molar-refractivity contribution in [1.29, 1.82) is 0 Å². The van der Waals surface area contributed by atoms with Crippen molar-refractivity contribution < 1.29 is 4.79 Å². The number of halogens is 2. The maximum absolute atomic E-state index is 13.6. The summed E-state index contributed by atoms with van der Waals surface area (Å²) < 4.78 is 1.73. The van der Waals surface area contributed by atoms with Gasteiger partial charge in [-0.2, -0.15) is 4.98 Å². The average Bonchev–Trinajstić information content (AvgIpc) is 3.26. The highest BCUT2D eigenvalue weighted by atomic mass is 35.5. The molecule has 4 aromatic rings. The van der Waals surface area contributed by atoms with Gasteiger partial charge >= 0.3 is 0 Å². The molecule has 1 amide bonds. The van der Waals surface area contributed by atoms with Gasteiger partial charge in [0.25, 0.3) is 5.91 Å². The fourth-order valence-corrected chi connectivity index (χ4v) is 5.78. The molecule has 0 saturated heterocycles. The highest BCUT2D eigenvalue weighted by Gasteiger charge is 2.35. The van der Waals surface area contributed by atoms with Gasteiger partial charge in [0, 0.05) is 32.7 Å². The maximum atomic E-state index is 13.6. The van der Waals surface area contributed by atoms with E-state index in [1.807, 2.05) is 43.3 Å². The van der Waals surface area contributed by atoms with E-state index in [1.54, 1.807) is 28.6 Å². The number of thioether (sulfide) groups is 1. The molecule has 1 aliphatic rings. The molecule has 9 heteroatoms. The molecule has 0 saturated carbocycles. The molecule has 1 atom stereocenters. The maximum Gasteiger partial charge on any atom is 0.255 e. The van der Waals surface area contributed by atoms with E-state index in [1.165, 1.54) is 16.7 Å². The van der Waals surface area contributed by atoms with Crippen LogP contribution >= 0.6 is 35.0 Å². The first-order valence-electron chi connectivity index (χ1n) is 11.7. The highest BCUT2D eigenvalue weighted by Crippen LogP contribution is 2.40. The van der Waals surface area contributed by atoms with E-state index in [0.717, 1.165) is 5.75 Å². The molecule has 2 N–H and O–H groups in total. The van der Waals surface area contributed by atoms with Crippen molar-refractivity contribution >= 4 is 52.5 Å². The molecule has 6 nitrogen and oxygen atoms in total. The second-order valence-electron chi connectivity index (χ2n) is 8.93. The summed E-state index contributed by atoms with van der Waals surface area (Å²) in [6, 6.07) is 20.4. The van der Waals surface area contributed by atoms with E-state index < -0.39 is 6.04 Å². The molecular weight excluding hydrogens is 525 g/mol. The zero-order chi connectivity index (χ0) is 26.1. The molecule has 0 bridgehead atoms. The molecule has 0 aliphatic carbocycles. The topological polar surface area (TPSA) is 71.8 Å². The lowest BCUT2D eigenvalue weighted by Gasteiger charge is -2.29. The molecule has 3 aromatic carbocycles. The van der Waals surface area contributed by atoms with Crippen molar-refractivity contribution in [3.8, 4) is 0 Å². The number of carbonyl (C=O) groups excluding carboxylic acids is 1. The van der Waals surface area contributed by atoms with Crippen molar-refractivity contribution in [2.45, 2.75) is 37.7 Å². The van der Waals surface area contributed by atoms with Crippen molar-refractivity contribution in [3.63, 3.8) is 0 Å². The second kappa shape index (κ2) is 10.6. The number of benzene rings is 3. The Kier molecular flexibility index (Phi) is 7.29. The van der Waals surface area contributed by atoms with Gasteiger partial charge in [-0.1, -0.05) is 83.0 Å². The van der Waals surface area contributed by atoms with E-state index in [9.17, 15) is 4.79 Å². The largest absolute Gasteiger partial charge is 0.328 e. The van der Waals surface area contributed by atoms with Gasteiger partial charge in [-0.15, -0.1) is 5.10 Å². The minimum atomic E-state index is -0.590. The van der Waals surface area contributed by atoms with Gasteiger partial charge < -0.3 is 10.6 Å². The van der Waals surface area contributed by atoms with Crippen LogP contribution in [0.5, 0.6) is 0 Å². The SMILES string of the molecule is CC1=C(C(=O)Nc2ccccc2)C(c2ccc(Cl)cc2Cl)n2nc(SCc3ccc(C)cc3C)nc2N1. The summed E-state index contributed by atoms with van der Waals surface area (Å²) >= 11 is 14.4. The average molecular weight is 551 g/mol.